The minimum Gasteiger partial charge on any atom is -0.309 e. The lowest BCUT2D eigenvalue weighted by Crippen LogP contribution is -2.03. The summed E-state index contributed by atoms with van der Waals surface area (Å²) in [6.45, 7) is 0. The van der Waals surface area contributed by atoms with Gasteiger partial charge in [0.15, 0.2) is 0 Å². The number of pyridine rings is 1. The summed E-state index contributed by atoms with van der Waals surface area (Å²) in [6, 6.07) is 81.3. The molecule has 0 unspecified atom stereocenters. The van der Waals surface area contributed by atoms with Crippen LogP contribution in [0.4, 0.5) is 0 Å². The molecule has 0 amide bonds. The Balaban J connectivity index is 1.02. The van der Waals surface area contributed by atoms with Crippen molar-refractivity contribution in [1.29, 1.82) is 0 Å². The summed E-state index contributed by atoms with van der Waals surface area (Å²) in [7, 11) is 0. The third kappa shape index (κ3) is 4.92. The fourth-order valence-corrected chi connectivity index (χ4v) is 10.7. The maximum Gasteiger partial charge on any atom is 0.140 e. The molecular formula is C59H37N5. The summed E-state index contributed by atoms with van der Waals surface area (Å²) < 4.78 is 9.49. The van der Waals surface area contributed by atoms with Crippen LogP contribution in [0.25, 0.3) is 121 Å². The zero-order chi connectivity index (χ0) is 41.9. The van der Waals surface area contributed by atoms with Gasteiger partial charge in [0.2, 0.25) is 0 Å². The van der Waals surface area contributed by atoms with Crippen LogP contribution in [0, 0.1) is 0 Å². The minimum absolute atomic E-state index is 0.871. The van der Waals surface area contributed by atoms with Crippen molar-refractivity contribution in [3.63, 3.8) is 0 Å². The maximum atomic E-state index is 5.52. The summed E-state index contributed by atoms with van der Waals surface area (Å²) in [5.74, 6) is 1.75. The maximum absolute atomic E-state index is 5.52. The topological polar surface area (TPSA) is 32.6 Å². The summed E-state index contributed by atoms with van der Waals surface area (Å²) in [5, 5.41) is 9.74. The number of para-hydroxylation sites is 7. The SMILES string of the molecule is c1ccc(-n2c3ccc(-c4cccc5c6ccccc6n(-c6cccc(-n7c8ccccc8c8ccccc87)n6)c45)cc3c3cc(-n4c5ccccc5c5ccccc54)ccc32)cc1. The van der Waals surface area contributed by atoms with Crippen LogP contribution in [0.1, 0.15) is 0 Å². The summed E-state index contributed by atoms with van der Waals surface area (Å²) >= 11 is 0. The lowest BCUT2D eigenvalue weighted by atomic mass is 9.99. The third-order valence-corrected chi connectivity index (χ3v) is 13.4. The van der Waals surface area contributed by atoms with Gasteiger partial charge in [0.05, 0.1) is 44.1 Å². The van der Waals surface area contributed by atoms with Crippen molar-refractivity contribution in [2.45, 2.75) is 0 Å². The van der Waals surface area contributed by atoms with Crippen molar-refractivity contribution in [2.24, 2.45) is 0 Å². The Hall–Kier alpha value is -8.67. The first kappa shape index (κ1) is 35.0. The van der Waals surface area contributed by atoms with E-state index in [1.165, 1.54) is 59.6 Å². The van der Waals surface area contributed by atoms with Crippen molar-refractivity contribution in [2.75, 3.05) is 0 Å². The van der Waals surface area contributed by atoms with Crippen molar-refractivity contribution in [1.82, 2.24) is 23.3 Å². The zero-order valence-corrected chi connectivity index (χ0v) is 34.6. The Labute approximate surface area is 367 Å². The van der Waals surface area contributed by atoms with Gasteiger partial charge in [0.25, 0.3) is 0 Å². The van der Waals surface area contributed by atoms with E-state index in [1.54, 1.807) is 0 Å². The van der Waals surface area contributed by atoms with Crippen molar-refractivity contribution in [3.8, 4) is 34.1 Å². The molecule has 0 saturated carbocycles. The van der Waals surface area contributed by atoms with Gasteiger partial charge in [-0.1, -0.05) is 140 Å². The number of nitrogens with zero attached hydrogens (tertiary/aromatic N) is 5. The van der Waals surface area contributed by atoms with Gasteiger partial charge in [-0.05, 0) is 90.5 Å². The van der Waals surface area contributed by atoms with Gasteiger partial charge in [-0.3, -0.25) is 9.13 Å². The molecule has 0 fully saturated rings. The Morgan fingerprint density at radius 2 is 0.672 bits per heavy atom. The molecule has 5 heterocycles. The number of hydrogen-bond acceptors (Lipinski definition) is 1. The molecule has 0 aliphatic heterocycles. The minimum atomic E-state index is 0.871. The molecule has 14 aromatic rings. The number of hydrogen-bond donors (Lipinski definition) is 0. The average Bonchev–Trinajstić information content (AvgIpc) is 4.09. The van der Waals surface area contributed by atoms with Crippen molar-refractivity contribution < 1.29 is 0 Å². The Kier molecular flexibility index (Phi) is 7.33. The van der Waals surface area contributed by atoms with Crippen LogP contribution >= 0.6 is 0 Å². The number of fused-ring (bicyclic) bond motifs is 12. The van der Waals surface area contributed by atoms with E-state index in [1.807, 2.05) is 0 Å². The molecule has 298 valence electrons. The molecule has 5 nitrogen and oxygen atoms in total. The van der Waals surface area contributed by atoms with Crippen LogP contribution in [-0.4, -0.2) is 23.3 Å². The van der Waals surface area contributed by atoms with E-state index >= 15 is 0 Å². The van der Waals surface area contributed by atoms with E-state index in [4.69, 9.17) is 4.98 Å². The molecule has 0 aliphatic rings. The van der Waals surface area contributed by atoms with E-state index < -0.39 is 0 Å². The molecule has 14 rings (SSSR count). The van der Waals surface area contributed by atoms with Gasteiger partial charge in [0.1, 0.15) is 11.6 Å². The Bertz CT molecular complexity index is 4090. The van der Waals surface area contributed by atoms with Crippen LogP contribution in [0.2, 0.25) is 0 Å². The van der Waals surface area contributed by atoms with E-state index in [2.05, 4.69) is 243 Å². The largest absolute Gasteiger partial charge is 0.309 e. The second kappa shape index (κ2) is 13.4. The van der Waals surface area contributed by atoms with Gasteiger partial charge in [-0.25, -0.2) is 4.98 Å². The standard InChI is InChI=1S/C59H37N5/c1-2-16-39(17-3-1)61-55-34-32-38(36-48(55)49-37-40(33-35-56(49)61)62-50-25-9-4-18-42(50)43-19-5-10-26-51(43)62)41-23-14-24-47-46-22-8-13-29-54(46)64(59(41)47)58-31-15-30-57(60-58)63-52-27-11-6-20-44(52)45-21-7-12-28-53(45)63/h1-37H. The molecule has 0 N–H and O–H groups in total. The highest BCUT2D eigenvalue weighted by molar-refractivity contribution is 6.16. The van der Waals surface area contributed by atoms with E-state index in [-0.39, 0.29) is 0 Å². The smallest absolute Gasteiger partial charge is 0.140 e. The predicted molar refractivity (Wildman–Crippen MR) is 267 cm³/mol. The van der Waals surface area contributed by atoms with Gasteiger partial charge >= 0.3 is 0 Å². The molecule has 0 aliphatic carbocycles. The number of benzene rings is 9. The summed E-state index contributed by atoms with van der Waals surface area (Å²) in [4.78, 5) is 5.52. The second-order valence-electron chi connectivity index (χ2n) is 16.8. The molecule has 0 radical (unpaired) electrons. The Morgan fingerprint density at radius 3 is 1.28 bits per heavy atom. The first-order chi connectivity index (χ1) is 31.8. The van der Waals surface area contributed by atoms with Gasteiger partial charge in [-0.2, -0.15) is 0 Å². The Morgan fingerprint density at radius 1 is 0.250 bits per heavy atom. The highest BCUT2D eigenvalue weighted by Gasteiger charge is 2.21. The monoisotopic (exact) mass is 815 g/mol. The van der Waals surface area contributed by atoms with Crippen LogP contribution < -0.4 is 0 Å². The molecule has 9 aromatic carbocycles. The lowest BCUT2D eigenvalue weighted by Gasteiger charge is -2.14. The fraction of sp³-hybridized carbons (Fsp3) is 0. The highest BCUT2D eigenvalue weighted by Crippen LogP contribution is 2.42. The van der Waals surface area contributed by atoms with Gasteiger partial charge < -0.3 is 9.13 Å². The van der Waals surface area contributed by atoms with Gasteiger partial charge in [0, 0.05) is 60.0 Å². The number of rotatable bonds is 5. The second-order valence-corrected chi connectivity index (χ2v) is 16.8. The van der Waals surface area contributed by atoms with Crippen molar-refractivity contribution >= 4 is 87.2 Å². The van der Waals surface area contributed by atoms with Crippen LogP contribution in [-0.2, 0) is 0 Å². The molecule has 5 heteroatoms. The molecular weight excluding hydrogens is 779 g/mol. The molecule has 0 atom stereocenters. The van der Waals surface area contributed by atoms with Crippen LogP contribution in [0.5, 0.6) is 0 Å². The van der Waals surface area contributed by atoms with Crippen LogP contribution in [0.3, 0.4) is 0 Å². The predicted octanol–water partition coefficient (Wildman–Crippen LogP) is 15.1. The van der Waals surface area contributed by atoms with E-state index in [0.29, 0.717) is 0 Å². The van der Waals surface area contributed by atoms with E-state index in [0.717, 1.165) is 61.7 Å². The third-order valence-electron chi connectivity index (χ3n) is 13.4. The molecule has 5 aromatic heterocycles. The first-order valence-electron chi connectivity index (χ1n) is 21.9. The molecule has 0 bridgehead atoms. The zero-order valence-electron chi connectivity index (χ0n) is 34.6. The quantitative estimate of drug-likeness (QED) is 0.170. The molecule has 0 saturated heterocycles. The summed E-state index contributed by atoms with van der Waals surface area (Å²) in [5.41, 5.74) is 13.8. The highest BCUT2D eigenvalue weighted by atomic mass is 15.1. The number of aromatic nitrogens is 5. The molecule has 0 spiro atoms. The average molecular weight is 816 g/mol. The summed E-state index contributed by atoms with van der Waals surface area (Å²) in [6.07, 6.45) is 0. The fourth-order valence-electron chi connectivity index (χ4n) is 10.7. The lowest BCUT2D eigenvalue weighted by molar-refractivity contribution is 1.01. The van der Waals surface area contributed by atoms with Crippen LogP contribution in [0.15, 0.2) is 224 Å². The van der Waals surface area contributed by atoms with Gasteiger partial charge in [-0.15, -0.1) is 0 Å². The normalized spacial score (nSPS) is 12.1. The molecule has 64 heavy (non-hydrogen) atoms. The van der Waals surface area contributed by atoms with E-state index in [9.17, 15) is 0 Å². The van der Waals surface area contributed by atoms with Crippen molar-refractivity contribution in [3.05, 3.63) is 224 Å². The first-order valence-corrected chi connectivity index (χ1v) is 21.9.